The molecular formula is C15H23ClIN3O. The zero-order valence-corrected chi connectivity index (χ0v) is 15.4. The minimum atomic E-state index is 0. The predicted octanol–water partition coefficient (Wildman–Crippen LogP) is 2.71. The molecule has 1 aliphatic heterocycles. The monoisotopic (exact) mass is 423 g/mol. The van der Waals surface area contributed by atoms with Crippen molar-refractivity contribution in [3.05, 3.63) is 27.8 Å². The van der Waals surface area contributed by atoms with Crippen molar-refractivity contribution in [2.75, 3.05) is 25.0 Å². The summed E-state index contributed by atoms with van der Waals surface area (Å²) in [7, 11) is 0. The molecule has 1 unspecified atom stereocenters. The van der Waals surface area contributed by atoms with Gasteiger partial charge in [-0.2, -0.15) is 0 Å². The molecule has 1 heterocycles. The van der Waals surface area contributed by atoms with E-state index in [0.717, 1.165) is 28.8 Å². The lowest BCUT2D eigenvalue weighted by molar-refractivity contribution is -0.118. The van der Waals surface area contributed by atoms with Crippen molar-refractivity contribution in [3.63, 3.8) is 0 Å². The van der Waals surface area contributed by atoms with Gasteiger partial charge < -0.3 is 11.1 Å². The lowest BCUT2D eigenvalue weighted by Crippen LogP contribution is -2.53. The molecule has 21 heavy (non-hydrogen) atoms. The van der Waals surface area contributed by atoms with Crippen molar-refractivity contribution < 1.29 is 4.79 Å². The quantitative estimate of drug-likeness (QED) is 0.735. The number of nitrogens with two attached hydrogens (primary N) is 1. The second-order valence-corrected chi connectivity index (χ2v) is 7.40. The summed E-state index contributed by atoms with van der Waals surface area (Å²) in [5.41, 5.74) is 7.04. The third-order valence-corrected chi connectivity index (χ3v) is 4.61. The SMILES string of the molecule is CC1(C)CN(CC(=O)Nc2ccc(I)cc2)CCC1N.Cl. The van der Waals surface area contributed by atoms with Crippen molar-refractivity contribution in [1.82, 2.24) is 4.90 Å². The number of nitrogens with zero attached hydrogens (tertiary/aromatic N) is 1. The van der Waals surface area contributed by atoms with Gasteiger partial charge in [-0.25, -0.2) is 0 Å². The van der Waals surface area contributed by atoms with Gasteiger partial charge in [0.25, 0.3) is 0 Å². The predicted molar refractivity (Wildman–Crippen MR) is 97.9 cm³/mol. The Morgan fingerprint density at radius 3 is 2.62 bits per heavy atom. The first-order chi connectivity index (χ1) is 9.37. The Morgan fingerprint density at radius 1 is 1.43 bits per heavy atom. The van der Waals surface area contributed by atoms with E-state index in [9.17, 15) is 4.79 Å². The van der Waals surface area contributed by atoms with E-state index < -0.39 is 0 Å². The van der Waals surface area contributed by atoms with Crippen LogP contribution in [0.4, 0.5) is 5.69 Å². The Morgan fingerprint density at radius 2 is 2.05 bits per heavy atom. The van der Waals surface area contributed by atoms with Gasteiger partial charge >= 0.3 is 0 Å². The molecule has 1 fully saturated rings. The van der Waals surface area contributed by atoms with E-state index >= 15 is 0 Å². The van der Waals surface area contributed by atoms with Gasteiger partial charge in [-0.05, 0) is 58.7 Å². The van der Waals surface area contributed by atoms with E-state index in [2.05, 4.69) is 46.7 Å². The minimum Gasteiger partial charge on any atom is -0.327 e. The molecule has 0 spiro atoms. The van der Waals surface area contributed by atoms with Crippen molar-refractivity contribution in [1.29, 1.82) is 0 Å². The average molecular weight is 424 g/mol. The van der Waals surface area contributed by atoms with Crippen LogP contribution in [0.5, 0.6) is 0 Å². The maximum Gasteiger partial charge on any atom is 0.238 e. The van der Waals surface area contributed by atoms with E-state index in [0.29, 0.717) is 6.54 Å². The van der Waals surface area contributed by atoms with Crippen molar-refractivity contribution >= 4 is 46.6 Å². The number of halogens is 2. The van der Waals surface area contributed by atoms with E-state index in [1.807, 2.05) is 24.3 Å². The van der Waals surface area contributed by atoms with Crippen LogP contribution in [-0.4, -0.2) is 36.5 Å². The molecule has 3 N–H and O–H groups in total. The highest BCUT2D eigenvalue weighted by Gasteiger charge is 2.33. The molecule has 118 valence electrons. The molecule has 4 nitrogen and oxygen atoms in total. The van der Waals surface area contributed by atoms with E-state index in [4.69, 9.17) is 5.73 Å². The molecule has 0 radical (unpaired) electrons. The summed E-state index contributed by atoms with van der Waals surface area (Å²) >= 11 is 2.25. The van der Waals surface area contributed by atoms with Gasteiger partial charge in [0.05, 0.1) is 6.54 Å². The zero-order valence-electron chi connectivity index (χ0n) is 12.4. The summed E-state index contributed by atoms with van der Waals surface area (Å²) in [4.78, 5) is 14.3. The number of hydrogen-bond acceptors (Lipinski definition) is 3. The number of hydrogen-bond donors (Lipinski definition) is 2. The largest absolute Gasteiger partial charge is 0.327 e. The number of carbonyl (C=O) groups excluding carboxylic acids is 1. The number of carbonyl (C=O) groups is 1. The first-order valence-corrected chi connectivity index (χ1v) is 7.98. The third-order valence-electron chi connectivity index (χ3n) is 3.89. The van der Waals surface area contributed by atoms with Gasteiger partial charge in [0.2, 0.25) is 5.91 Å². The van der Waals surface area contributed by atoms with Gasteiger partial charge in [-0.1, -0.05) is 13.8 Å². The molecule has 1 atom stereocenters. The zero-order chi connectivity index (χ0) is 14.8. The first-order valence-electron chi connectivity index (χ1n) is 6.90. The van der Waals surface area contributed by atoms with Crippen molar-refractivity contribution in [3.8, 4) is 0 Å². The van der Waals surface area contributed by atoms with Gasteiger partial charge in [-0.3, -0.25) is 9.69 Å². The molecule has 6 heteroatoms. The second-order valence-electron chi connectivity index (χ2n) is 6.15. The molecule has 0 bridgehead atoms. The molecule has 1 aromatic carbocycles. The Balaban J connectivity index is 0.00000220. The Hall–Kier alpha value is -0.370. The molecule has 1 amide bonds. The van der Waals surface area contributed by atoms with E-state index in [1.54, 1.807) is 0 Å². The molecular weight excluding hydrogens is 401 g/mol. The maximum absolute atomic E-state index is 12.1. The highest BCUT2D eigenvalue weighted by Crippen LogP contribution is 2.27. The molecule has 0 saturated carbocycles. The molecule has 1 saturated heterocycles. The lowest BCUT2D eigenvalue weighted by atomic mass is 9.80. The average Bonchev–Trinajstić information content (AvgIpc) is 2.36. The summed E-state index contributed by atoms with van der Waals surface area (Å²) in [6.45, 7) is 6.53. The van der Waals surface area contributed by atoms with E-state index in [-0.39, 0.29) is 29.8 Å². The lowest BCUT2D eigenvalue weighted by Gasteiger charge is -2.42. The van der Waals surface area contributed by atoms with E-state index in [1.165, 1.54) is 0 Å². The fraction of sp³-hybridized carbons (Fsp3) is 0.533. The standard InChI is InChI=1S/C15H22IN3O.ClH/c1-15(2)10-19(8-7-13(15)17)9-14(20)18-12-5-3-11(16)4-6-12;/h3-6,13H,7-10,17H2,1-2H3,(H,18,20);1H. The number of rotatable bonds is 3. The summed E-state index contributed by atoms with van der Waals surface area (Å²) in [5.74, 6) is 0.0393. The van der Waals surface area contributed by atoms with Gasteiger partial charge in [-0.15, -0.1) is 12.4 Å². The van der Waals surface area contributed by atoms with Crippen LogP contribution in [0.1, 0.15) is 20.3 Å². The van der Waals surface area contributed by atoms with Gasteiger partial charge in [0.15, 0.2) is 0 Å². The fourth-order valence-corrected chi connectivity index (χ4v) is 2.92. The molecule has 1 aliphatic rings. The smallest absolute Gasteiger partial charge is 0.238 e. The molecule has 0 aromatic heterocycles. The minimum absolute atomic E-state index is 0. The Labute approximate surface area is 146 Å². The first kappa shape index (κ1) is 18.7. The normalized spacial score (nSPS) is 21.4. The van der Waals surface area contributed by atoms with Gasteiger partial charge in [0.1, 0.15) is 0 Å². The van der Waals surface area contributed by atoms with Gasteiger partial charge in [0, 0.05) is 28.4 Å². The van der Waals surface area contributed by atoms with Crippen LogP contribution < -0.4 is 11.1 Å². The Bertz CT molecular complexity index is 478. The fourth-order valence-electron chi connectivity index (χ4n) is 2.56. The van der Waals surface area contributed by atoms with Crippen molar-refractivity contribution in [2.45, 2.75) is 26.3 Å². The number of benzene rings is 1. The number of piperidine rings is 1. The Kier molecular flexibility index (Phi) is 6.90. The summed E-state index contributed by atoms with van der Waals surface area (Å²) in [6, 6.07) is 8.04. The van der Waals surface area contributed by atoms with Crippen LogP contribution in [0.2, 0.25) is 0 Å². The van der Waals surface area contributed by atoms with Crippen LogP contribution in [-0.2, 0) is 4.79 Å². The summed E-state index contributed by atoms with van der Waals surface area (Å²) in [6.07, 6.45) is 0.948. The maximum atomic E-state index is 12.1. The molecule has 1 aromatic rings. The highest BCUT2D eigenvalue weighted by atomic mass is 127. The van der Waals surface area contributed by atoms with Crippen LogP contribution in [0.3, 0.4) is 0 Å². The topological polar surface area (TPSA) is 58.4 Å². The molecule has 0 aliphatic carbocycles. The van der Waals surface area contributed by atoms with Crippen molar-refractivity contribution in [2.24, 2.45) is 11.1 Å². The third kappa shape index (κ3) is 5.39. The second kappa shape index (κ2) is 7.76. The molecule has 2 rings (SSSR count). The van der Waals surface area contributed by atoms with Crippen LogP contribution in [0.25, 0.3) is 0 Å². The number of anilines is 1. The number of likely N-dealkylation sites (tertiary alicyclic amines) is 1. The van der Waals surface area contributed by atoms with Crippen LogP contribution in [0.15, 0.2) is 24.3 Å². The number of nitrogens with one attached hydrogen (secondary N) is 1. The summed E-state index contributed by atoms with van der Waals surface area (Å²) in [5, 5.41) is 2.94. The van der Waals surface area contributed by atoms with Crippen LogP contribution >= 0.6 is 35.0 Å². The number of amides is 1. The highest BCUT2D eigenvalue weighted by molar-refractivity contribution is 14.1. The summed E-state index contributed by atoms with van der Waals surface area (Å²) < 4.78 is 1.16. The van der Waals surface area contributed by atoms with Crippen LogP contribution in [0, 0.1) is 8.99 Å².